The lowest BCUT2D eigenvalue weighted by molar-refractivity contribution is -0.383. The molecule has 2 aromatic rings. The predicted molar refractivity (Wildman–Crippen MR) is 79.5 cm³/mol. The number of nitro groups is 1. The number of nitrogens with zero attached hydrogens (tertiary/aromatic N) is 2. The van der Waals surface area contributed by atoms with Gasteiger partial charge in [0.2, 0.25) is 0 Å². The van der Waals surface area contributed by atoms with E-state index in [4.69, 9.17) is 4.74 Å². The normalized spacial score (nSPS) is 16.0. The Balaban J connectivity index is 1.85. The molecule has 1 fully saturated rings. The van der Waals surface area contributed by atoms with Crippen LogP contribution in [0.25, 0.3) is 10.8 Å². The zero-order valence-electron chi connectivity index (χ0n) is 11.6. The largest absolute Gasteiger partial charge is 0.493 e. The van der Waals surface area contributed by atoms with Gasteiger partial charge in [-0.15, -0.1) is 0 Å². The summed E-state index contributed by atoms with van der Waals surface area (Å²) in [7, 11) is 0. The molecule has 0 spiro atoms. The number of fused-ring (bicyclic) bond motifs is 1. The Morgan fingerprint density at radius 3 is 2.86 bits per heavy atom. The smallest absolute Gasteiger partial charge is 0.277 e. The third-order valence-corrected chi connectivity index (χ3v) is 3.89. The Morgan fingerprint density at radius 2 is 2.10 bits per heavy atom. The third-order valence-electron chi connectivity index (χ3n) is 3.89. The molecule has 1 aromatic heterocycles. The number of benzene rings is 1. The second-order valence-electron chi connectivity index (χ2n) is 5.27. The lowest BCUT2D eigenvalue weighted by Gasteiger charge is -2.22. The molecule has 0 unspecified atom stereocenters. The number of ether oxygens (including phenoxy) is 1. The van der Waals surface area contributed by atoms with Crippen molar-refractivity contribution < 1.29 is 9.66 Å². The molecule has 6 nitrogen and oxygen atoms in total. The summed E-state index contributed by atoms with van der Waals surface area (Å²) < 4.78 is 5.90. The Bertz CT molecular complexity index is 654. The van der Waals surface area contributed by atoms with Crippen molar-refractivity contribution in [2.45, 2.75) is 12.8 Å². The van der Waals surface area contributed by atoms with Crippen molar-refractivity contribution in [1.82, 2.24) is 10.3 Å². The summed E-state index contributed by atoms with van der Waals surface area (Å²) in [6.07, 6.45) is 5.39. The molecule has 2 heterocycles. The lowest BCUT2D eigenvalue weighted by Crippen LogP contribution is -2.30. The molecule has 110 valence electrons. The zero-order chi connectivity index (χ0) is 14.7. The maximum atomic E-state index is 11.1. The van der Waals surface area contributed by atoms with E-state index >= 15 is 0 Å². The van der Waals surface area contributed by atoms with Gasteiger partial charge >= 0.3 is 0 Å². The highest BCUT2D eigenvalue weighted by Gasteiger charge is 2.17. The van der Waals surface area contributed by atoms with E-state index in [-0.39, 0.29) is 10.6 Å². The topological polar surface area (TPSA) is 77.3 Å². The average Bonchev–Trinajstić information content (AvgIpc) is 2.53. The van der Waals surface area contributed by atoms with Crippen LogP contribution in [0.1, 0.15) is 12.8 Å². The van der Waals surface area contributed by atoms with Crippen LogP contribution < -0.4 is 10.1 Å². The highest BCUT2D eigenvalue weighted by atomic mass is 16.6. The second-order valence-corrected chi connectivity index (χ2v) is 5.27. The van der Waals surface area contributed by atoms with Crippen molar-refractivity contribution in [3.05, 3.63) is 40.7 Å². The van der Waals surface area contributed by atoms with Crippen molar-refractivity contribution in [2.24, 2.45) is 5.92 Å². The van der Waals surface area contributed by atoms with E-state index in [9.17, 15) is 10.1 Å². The van der Waals surface area contributed by atoms with Crippen molar-refractivity contribution in [1.29, 1.82) is 0 Å². The predicted octanol–water partition coefficient (Wildman–Crippen LogP) is 2.52. The van der Waals surface area contributed by atoms with Gasteiger partial charge in [0.15, 0.2) is 0 Å². The number of hydrogen-bond acceptors (Lipinski definition) is 5. The first-order valence-electron chi connectivity index (χ1n) is 7.10. The molecule has 1 aliphatic rings. The molecule has 21 heavy (non-hydrogen) atoms. The maximum Gasteiger partial charge on any atom is 0.277 e. The molecule has 1 aliphatic heterocycles. The van der Waals surface area contributed by atoms with Crippen molar-refractivity contribution in [3.63, 3.8) is 0 Å². The summed E-state index contributed by atoms with van der Waals surface area (Å²) in [6.45, 7) is 2.69. The SMILES string of the molecule is O=[N+]([O-])c1ccc(OCC2CCNCC2)c2cnccc12. The summed E-state index contributed by atoms with van der Waals surface area (Å²) in [5.41, 5.74) is 0.0848. The number of piperidine rings is 1. The average molecular weight is 287 g/mol. The van der Waals surface area contributed by atoms with Gasteiger partial charge in [0.25, 0.3) is 5.69 Å². The molecule has 0 amide bonds. The number of non-ortho nitro benzene ring substituents is 1. The first kappa shape index (κ1) is 13.8. The van der Waals surface area contributed by atoms with Crippen LogP contribution in [0.2, 0.25) is 0 Å². The van der Waals surface area contributed by atoms with Crippen LogP contribution in [0.5, 0.6) is 5.75 Å². The molecule has 0 aliphatic carbocycles. The minimum absolute atomic E-state index is 0.0848. The van der Waals surface area contributed by atoms with Gasteiger partial charge in [-0.05, 0) is 44.0 Å². The van der Waals surface area contributed by atoms with Gasteiger partial charge in [0, 0.05) is 23.8 Å². The fourth-order valence-electron chi connectivity index (χ4n) is 2.69. The summed E-state index contributed by atoms with van der Waals surface area (Å²) in [4.78, 5) is 14.7. The summed E-state index contributed by atoms with van der Waals surface area (Å²) in [5.74, 6) is 1.20. The van der Waals surface area contributed by atoms with Crippen LogP contribution in [-0.2, 0) is 0 Å². The van der Waals surface area contributed by atoms with Crippen LogP contribution in [0.3, 0.4) is 0 Å². The van der Waals surface area contributed by atoms with Crippen LogP contribution in [-0.4, -0.2) is 29.6 Å². The van der Waals surface area contributed by atoms with Gasteiger partial charge in [-0.2, -0.15) is 0 Å². The van der Waals surface area contributed by atoms with Crippen molar-refractivity contribution in [2.75, 3.05) is 19.7 Å². The maximum absolute atomic E-state index is 11.1. The standard InChI is InChI=1S/C15H17N3O3/c19-18(20)14-1-2-15(13-9-17-8-5-12(13)14)21-10-11-3-6-16-7-4-11/h1-2,5,8-9,11,16H,3-4,6-7,10H2. The number of rotatable bonds is 4. The van der Waals surface area contributed by atoms with Gasteiger partial charge < -0.3 is 10.1 Å². The number of nitrogens with one attached hydrogen (secondary N) is 1. The van der Waals surface area contributed by atoms with E-state index in [1.54, 1.807) is 24.5 Å². The fourth-order valence-corrected chi connectivity index (χ4v) is 2.69. The van der Waals surface area contributed by atoms with Crippen molar-refractivity contribution in [3.8, 4) is 5.75 Å². The number of hydrogen-bond donors (Lipinski definition) is 1. The quantitative estimate of drug-likeness (QED) is 0.690. The van der Waals surface area contributed by atoms with Gasteiger partial charge in [-0.3, -0.25) is 15.1 Å². The Labute approximate surface area is 122 Å². The fraction of sp³-hybridized carbons (Fsp3) is 0.400. The molecule has 0 atom stereocenters. The third kappa shape index (κ3) is 2.95. The summed E-state index contributed by atoms with van der Waals surface area (Å²) in [5, 5.41) is 15.7. The molecule has 1 N–H and O–H groups in total. The molecule has 1 saturated heterocycles. The van der Waals surface area contributed by atoms with Gasteiger partial charge in [-0.1, -0.05) is 0 Å². The first-order valence-corrected chi connectivity index (χ1v) is 7.10. The lowest BCUT2D eigenvalue weighted by atomic mass is 9.99. The molecule has 6 heteroatoms. The highest BCUT2D eigenvalue weighted by Crippen LogP contribution is 2.32. The Kier molecular flexibility index (Phi) is 3.96. The zero-order valence-corrected chi connectivity index (χ0v) is 11.6. The second kappa shape index (κ2) is 6.05. The van der Waals surface area contributed by atoms with Crippen LogP contribution in [0.15, 0.2) is 30.6 Å². The van der Waals surface area contributed by atoms with Crippen LogP contribution >= 0.6 is 0 Å². The molecular weight excluding hydrogens is 270 g/mol. The van der Waals surface area contributed by atoms with E-state index < -0.39 is 0 Å². The monoisotopic (exact) mass is 287 g/mol. The first-order chi connectivity index (χ1) is 10.3. The van der Waals surface area contributed by atoms with Crippen LogP contribution in [0.4, 0.5) is 5.69 Å². The van der Waals surface area contributed by atoms with E-state index in [0.29, 0.717) is 29.0 Å². The van der Waals surface area contributed by atoms with Crippen molar-refractivity contribution >= 4 is 16.5 Å². The molecule has 0 bridgehead atoms. The minimum atomic E-state index is -0.376. The van der Waals surface area contributed by atoms with E-state index in [2.05, 4.69) is 10.3 Å². The van der Waals surface area contributed by atoms with E-state index in [1.807, 2.05) is 0 Å². The number of nitro benzene ring substituents is 1. The number of pyridine rings is 1. The summed E-state index contributed by atoms with van der Waals surface area (Å²) >= 11 is 0. The molecule has 3 rings (SSSR count). The minimum Gasteiger partial charge on any atom is -0.493 e. The molecule has 1 aromatic carbocycles. The molecular formula is C15H17N3O3. The Morgan fingerprint density at radius 1 is 1.29 bits per heavy atom. The summed E-state index contributed by atoms with van der Waals surface area (Å²) in [6, 6.07) is 4.83. The van der Waals surface area contributed by atoms with Crippen LogP contribution in [0, 0.1) is 16.0 Å². The van der Waals surface area contributed by atoms with E-state index in [0.717, 1.165) is 25.9 Å². The molecule has 0 radical (unpaired) electrons. The molecule has 0 saturated carbocycles. The highest BCUT2D eigenvalue weighted by molar-refractivity contribution is 5.94. The van der Waals surface area contributed by atoms with E-state index in [1.165, 1.54) is 6.07 Å². The number of aromatic nitrogens is 1. The van der Waals surface area contributed by atoms with Gasteiger partial charge in [0.1, 0.15) is 5.75 Å². The van der Waals surface area contributed by atoms with Gasteiger partial charge in [0.05, 0.1) is 16.9 Å². The van der Waals surface area contributed by atoms with Gasteiger partial charge in [-0.25, -0.2) is 0 Å². The Hall–Kier alpha value is -2.21.